The van der Waals surface area contributed by atoms with Crippen LogP contribution in [0.1, 0.15) is 40.5 Å². The lowest BCUT2D eigenvalue weighted by Gasteiger charge is -2.25. The normalized spacial score (nSPS) is 24.6. The highest BCUT2D eigenvalue weighted by Gasteiger charge is 2.62. The first-order valence-corrected chi connectivity index (χ1v) is 10.3. The molecule has 1 saturated carbocycles. The second-order valence-corrected chi connectivity index (χ2v) is 9.91. The first-order chi connectivity index (χ1) is 9.60. The Kier molecular flexibility index (Phi) is 5.84. The van der Waals surface area contributed by atoms with E-state index in [2.05, 4.69) is 18.4 Å². The summed E-state index contributed by atoms with van der Waals surface area (Å²) in [6.45, 7) is 12.2. The molecule has 5 nitrogen and oxygen atoms in total. The highest BCUT2D eigenvalue weighted by atomic mass is 28.3. The minimum absolute atomic E-state index is 0.136. The van der Waals surface area contributed by atoms with E-state index in [-0.39, 0.29) is 11.9 Å². The molecule has 6 heteroatoms. The Bertz CT molecular complexity index is 392. The van der Waals surface area contributed by atoms with Crippen molar-refractivity contribution in [3.8, 4) is 0 Å². The van der Waals surface area contributed by atoms with E-state index < -0.39 is 26.0 Å². The van der Waals surface area contributed by atoms with Gasteiger partial charge in [0, 0.05) is 8.80 Å². The number of alkyl carbamates (subject to hydrolysis) is 1. The van der Waals surface area contributed by atoms with Crippen molar-refractivity contribution in [2.24, 2.45) is 5.92 Å². The van der Waals surface area contributed by atoms with Gasteiger partial charge >= 0.3 is 12.1 Å². The summed E-state index contributed by atoms with van der Waals surface area (Å²) in [6, 6.07) is 0.911. The Morgan fingerprint density at radius 3 is 2.38 bits per heavy atom. The molecule has 21 heavy (non-hydrogen) atoms. The predicted octanol–water partition coefficient (Wildman–Crippen LogP) is 2.98. The van der Waals surface area contributed by atoms with Crippen LogP contribution in [0.15, 0.2) is 0 Å². The standard InChI is InChI=1S/C15H28NO4Si/c1-7-11-10-15(11,12(17)20-14(2,3)4)16-13(18)19-8-9-21(5)6/h11H,7-10H2,1-6H3,(H,16,18). The van der Waals surface area contributed by atoms with Crippen LogP contribution in [-0.2, 0) is 14.3 Å². The molecule has 0 spiro atoms. The number of esters is 1. The summed E-state index contributed by atoms with van der Waals surface area (Å²) in [5.41, 5.74) is -1.44. The van der Waals surface area contributed by atoms with Crippen LogP contribution in [0.2, 0.25) is 19.1 Å². The van der Waals surface area contributed by atoms with Crippen molar-refractivity contribution in [2.75, 3.05) is 6.61 Å². The van der Waals surface area contributed by atoms with E-state index in [4.69, 9.17) is 9.47 Å². The highest BCUT2D eigenvalue weighted by Crippen LogP contribution is 2.47. The van der Waals surface area contributed by atoms with Gasteiger partial charge in [-0.1, -0.05) is 26.4 Å². The average molecular weight is 314 g/mol. The molecule has 0 saturated heterocycles. The SMILES string of the molecule is CCC1CC1(NC(=O)OCC[Si](C)C)C(=O)OC(C)(C)C. The number of amides is 1. The van der Waals surface area contributed by atoms with Crippen LogP contribution < -0.4 is 5.32 Å². The van der Waals surface area contributed by atoms with Crippen molar-refractivity contribution < 1.29 is 19.1 Å². The van der Waals surface area contributed by atoms with Crippen LogP contribution in [0.4, 0.5) is 4.79 Å². The number of carbonyl (C=O) groups excluding carboxylic acids is 2. The van der Waals surface area contributed by atoms with Crippen molar-refractivity contribution in [1.82, 2.24) is 5.32 Å². The zero-order valence-corrected chi connectivity index (χ0v) is 15.0. The summed E-state index contributed by atoms with van der Waals surface area (Å²) in [7, 11) is -0.409. The van der Waals surface area contributed by atoms with Crippen molar-refractivity contribution in [2.45, 2.75) is 70.8 Å². The maximum Gasteiger partial charge on any atom is 0.408 e. The minimum atomic E-state index is -0.884. The van der Waals surface area contributed by atoms with Crippen molar-refractivity contribution in [1.29, 1.82) is 0 Å². The smallest absolute Gasteiger partial charge is 0.408 e. The Hall–Kier alpha value is -1.04. The fourth-order valence-electron chi connectivity index (χ4n) is 2.21. The van der Waals surface area contributed by atoms with Crippen LogP contribution in [0.25, 0.3) is 0 Å². The van der Waals surface area contributed by atoms with E-state index in [0.29, 0.717) is 13.0 Å². The quantitative estimate of drug-likeness (QED) is 0.604. The topological polar surface area (TPSA) is 64.6 Å². The van der Waals surface area contributed by atoms with Crippen LogP contribution in [0.3, 0.4) is 0 Å². The van der Waals surface area contributed by atoms with Gasteiger partial charge in [-0.15, -0.1) is 0 Å². The zero-order valence-electron chi connectivity index (χ0n) is 14.0. The van der Waals surface area contributed by atoms with E-state index in [1.54, 1.807) is 0 Å². The van der Waals surface area contributed by atoms with Crippen molar-refractivity contribution in [3.05, 3.63) is 0 Å². The van der Waals surface area contributed by atoms with Crippen LogP contribution >= 0.6 is 0 Å². The third-order valence-corrected chi connectivity index (χ3v) is 4.73. The largest absolute Gasteiger partial charge is 0.458 e. The first kappa shape index (κ1) is 18.0. The maximum absolute atomic E-state index is 12.3. The monoisotopic (exact) mass is 314 g/mol. The Labute approximate surface area is 129 Å². The van der Waals surface area contributed by atoms with Gasteiger partial charge in [0.05, 0.1) is 6.61 Å². The number of hydrogen-bond acceptors (Lipinski definition) is 4. The molecule has 1 N–H and O–H groups in total. The van der Waals surface area contributed by atoms with E-state index >= 15 is 0 Å². The molecular weight excluding hydrogens is 286 g/mol. The summed E-state index contributed by atoms with van der Waals surface area (Å²) in [4.78, 5) is 24.2. The average Bonchev–Trinajstić information content (AvgIpc) is 3.01. The number of ether oxygens (including phenoxy) is 2. The van der Waals surface area contributed by atoms with Crippen molar-refractivity contribution in [3.63, 3.8) is 0 Å². The molecule has 2 unspecified atom stereocenters. The number of nitrogens with one attached hydrogen (secondary N) is 1. The van der Waals surface area contributed by atoms with E-state index in [1.165, 1.54) is 0 Å². The maximum atomic E-state index is 12.3. The number of rotatable bonds is 6. The minimum Gasteiger partial charge on any atom is -0.458 e. The molecule has 0 heterocycles. The third-order valence-electron chi connectivity index (χ3n) is 3.52. The van der Waals surface area contributed by atoms with Crippen molar-refractivity contribution >= 4 is 20.9 Å². The fourth-order valence-corrected chi connectivity index (χ4v) is 2.72. The molecule has 0 bridgehead atoms. The molecule has 1 rings (SSSR count). The Balaban J connectivity index is 2.58. The third kappa shape index (κ3) is 5.34. The van der Waals surface area contributed by atoms with Crippen LogP contribution in [0, 0.1) is 5.92 Å². The Morgan fingerprint density at radius 1 is 1.33 bits per heavy atom. The molecule has 0 aliphatic heterocycles. The highest BCUT2D eigenvalue weighted by molar-refractivity contribution is 6.55. The molecule has 1 radical (unpaired) electrons. The molecule has 0 aromatic rings. The van der Waals surface area contributed by atoms with Gasteiger partial charge in [0.25, 0.3) is 0 Å². The summed E-state index contributed by atoms with van der Waals surface area (Å²) < 4.78 is 10.6. The summed E-state index contributed by atoms with van der Waals surface area (Å²) in [5, 5.41) is 2.74. The fraction of sp³-hybridized carbons (Fsp3) is 0.867. The number of hydrogen-bond donors (Lipinski definition) is 1. The van der Waals surface area contributed by atoms with Gasteiger partial charge in [-0.3, -0.25) is 0 Å². The number of carbonyl (C=O) groups is 2. The molecule has 0 aromatic carbocycles. The van der Waals surface area contributed by atoms with Gasteiger partial charge in [0.1, 0.15) is 11.1 Å². The molecule has 121 valence electrons. The van der Waals surface area contributed by atoms with Gasteiger partial charge in [-0.25, -0.2) is 9.59 Å². The Morgan fingerprint density at radius 2 is 1.95 bits per heavy atom. The lowest BCUT2D eigenvalue weighted by Crippen LogP contribution is -2.48. The van der Waals surface area contributed by atoms with Gasteiger partial charge in [0.2, 0.25) is 0 Å². The molecular formula is C15H28NO4Si. The lowest BCUT2D eigenvalue weighted by atomic mass is 10.1. The lowest BCUT2D eigenvalue weighted by molar-refractivity contribution is -0.159. The van der Waals surface area contributed by atoms with Gasteiger partial charge < -0.3 is 14.8 Å². The molecule has 1 fully saturated rings. The first-order valence-electron chi connectivity index (χ1n) is 7.58. The molecule has 2 atom stereocenters. The zero-order chi connectivity index (χ0) is 16.3. The van der Waals surface area contributed by atoms with Gasteiger partial charge in [-0.2, -0.15) is 0 Å². The second kappa shape index (κ2) is 6.81. The van der Waals surface area contributed by atoms with E-state index in [1.807, 2.05) is 27.7 Å². The predicted molar refractivity (Wildman–Crippen MR) is 83.7 cm³/mol. The van der Waals surface area contributed by atoms with Gasteiger partial charge in [0.15, 0.2) is 0 Å². The molecule has 1 aliphatic carbocycles. The summed E-state index contributed by atoms with van der Waals surface area (Å²) in [5.74, 6) is -0.216. The van der Waals surface area contributed by atoms with Gasteiger partial charge in [-0.05, 0) is 39.2 Å². The summed E-state index contributed by atoms with van der Waals surface area (Å²) >= 11 is 0. The summed E-state index contributed by atoms with van der Waals surface area (Å²) in [6.07, 6.45) is 0.945. The van der Waals surface area contributed by atoms with Crippen LogP contribution in [-0.4, -0.2) is 38.6 Å². The molecule has 1 amide bonds. The molecule has 1 aliphatic rings. The van der Waals surface area contributed by atoms with E-state index in [0.717, 1.165) is 12.5 Å². The molecule has 0 aromatic heterocycles. The van der Waals surface area contributed by atoms with Crippen LogP contribution in [0.5, 0.6) is 0 Å². The second-order valence-electron chi connectivity index (χ2n) is 7.00. The van der Waals surface area contributed by atoms with E-state index in [9.17, 15) is 9.59 Å².